The number of amides is 1. The van der Waals surface area contributed by atoms with Crippen LogP contribution >= 0.6 is 0 Å². The highest BCUT2D eigenvalue weighted by molar-refractivity contribution is 6.01. The van der Waals surface area contributed by atoms with Crippen LogP contribution in [0.5, 0.6) is 0 Å². The van der Waals surface area contributed by atoms with Crippen molar-refractivity contribution in [2.45, 2.75) is 20.3 Å². The molecule has 0 saturated heterocycles. The Morgan fingerprint density at radius 1 is 1.34 bits per heavy atom. The molecule has 0 saturated carbocycles. The second-order valence-corrected chi connectivity index (χ2v) is 6.58. The molecule has 0 unspecified atom stereocenters. The van der Waals surface area contributed by atoms with Gasteiger partial charge < -0.3 is 15.4 Å². The van der Waals surface area contributed by atoms with Crippen LogP contribution in [0.15, 0.2) is 41.8 Å². The minimum atomic E-state index is -0.333. The van der Waals surface area contributed by atoms with Crippen molar-refractivity contribution >= 4 is 28.4 Å². The van der Waals surface area contributed by atoms with E-state index >= 15 is 0 Å². The first-order chi connectivity index (χ1) is 14.0. The Morgan fingerprint density at radius 2 is 2.17 bits per heavy atom. The lowest BCUT2D eigenvalue weighted by molar-refractivity contribution is 0.0958. The summed E-state index contributed by atoms with van der Waals surface area (Å²) in [5, 5.41) is 6.20. The molecule has 29 heavy (non-hydrogen) atoms. The van der Waals surface area contributed by atoms with Crippen molar-refractivity contribution in [2.75, 3.05) is 31.6 Å². The molecule has 0 aromatic carbocycles. The first-order valence-electron chi connectivity index (χ1n) is 9.59. The van der Waals surface area contributed by atoms with Crippen LogP contribution in [0.4, 0.5) is 5.82 Å². The van der Waals surface area contributed by atoms with Gasteiger partial charge in [-0.05, 0) is 38.0 Å². The Balaban J connectivity index is 2.06. The van der Waals surface area contributed by atoms with E-state index in [9.17, 15) is 9.59 Å². The van der Waals surface area contributed by atoms with Crippen LogP contribution < -0.4 is 16.2 Å². The van der Waals surface area contributed by atoms with E-state index in [1.54, 1.807) is 24.4 Å². The van der Waals surface area contributed by atoms with E-state index in [-0.39, 0.29) is 16.9 Å². The van der Waals surface area contributed by atoms with E-state index in [0.717, 1.165) is 12.0 Å². The number of rotatable bonds is 9. The molecule has 8 heteroatoms. The first kappa shape index (κ1) is 20.5. The third kappa shape index (κ3) is 4.60. The Kier molecular flexibility index (Phi) is 6.56. The fourth-order valence-corrected chi connectivity index (χ4v) is 2.93. The van der Waals surface area contributed by atoms with Gasteiger partial charge >= 0.3 is 0 Å². The number of hydrogen-bond donors (Lipinski definition) is 2. The molecule has 0 atom stereocenters. The molecule has 3 aromatic heterocycles. The SMILES string of the molecule is C=CCNC(=O)c1cc2c(=O)n3cc(C)ccc3nc2nc1NCCCOCC. The average molecular weight is 395 g/mol. The standard InChI is InChI=1S/C21H25N5O3/c1-4-9-23-20(27)15-12-16-19(25-18(15)22-10-6-11-29-5-2)24-17-8-7-14(3)13-26(17)21(16)28/h4,7-8,12-13H,1,5-6,9-11H2,2-3H3,(H,22,25)(H,23,27). The van der Waals surface area contributed by atoms with Crippen molar-refractivity contribution in [1.82, 2.24) is 19.7 Å². The number of nitrogens with zero attached hydrogens (tertiary/aromatic N) is 3. The van der Waals surface area contributed by atoms with Gasteiger partial charge in [-0.3, -0.25) is 14.0 Å². The third-order valence-corrected chi connectivity index (χ3v) is 4.36. The van der Waals surface area contributed by atoms with E-state index in [4.69, 9.17) is 4.74 Å². The smallest absolute Gasteiger partial charge is 0.267 e. The van der Waals surface area contributed by atoms with E-state index < -0.39 is 0 Å². The van der Waals surface area contributed by atoms with Crippen molar-refractivity contribution in [3.8, 4) is 0 Å². The monoisotopic (exact) mass is 395 g/mol. The molecule has 152 valence electrons. The molecule has 3 heterocycles. The van der Waals surface area contributed by atoms with Crippen LogP contribution in [0.3, 0.4) is 0 Å². The second kappa shape index (κ2) is 9.29. The molecule has 3 rings (SSSR count). The number of hydrogen-bond acceptors (Lipinski definition) is 6. The van der Waals surface area contributed by atoms with Crippen LogP contribution in [0.25, 0.3) is 16.7 Å². The minimum Gasteiger partial charge on any atom is -0.382 e. The summed E-state index contributed by atoms with van der Waals surface area (Å²) in [5.74, 6) is 0.0549. The molecular formula is C21H25N5O3. The molecule has 0 spiro atoms. The molecule has 2 N–H and O–H groups in total. The number of anilines is 1. The molecule has 0 fully saturated rings. The highest BCUT2D eigenvalue weighted by atomic mass is 16.5. The van der Waals surface area contributed by atoms with Gasteiger partial charge in [-0.15, -0.1) is 6.58 Å². The molecule has 0 aliphatic carbocycles. The van der Waals surface area contributed by atoms with E-state index in [0.29, 0.717) is 49.0 Å². The number of fused-ring (bicyclic) bond motifs is 2. The van der Waals surface area contributed by atoms with Crippen molar-refractivity contribution in [2.24, 2.45) is 0 Å². The van der Waals surface area contributed by atoms with Crippen molar-refractivity contribution in [1.29, 1.82) is 0 Å². The van der Waals surface area contributed by atoms with E-state index in [1.165, 1.54) is 4.40 Å². The third-order valence-electron chi connectivity index (χ3n) is 4.36. The largest absolute Gasteiger partial charge is 0.382 e. The van der Waals surface area contributed by atoms with E-state index in [1.807, 2.05) is 19.9 Å². The zero-order chi connectivity index (χ0) is 20.8. The minimum absolute atomic E-state index is 0.262. The number of aryl methyl sites for hydroxylation is 1. The summed E-state index contributed by atoms with van der Waals surface area (Å²) in [6, 6.07) is 5.21. The van der Waals surface area contributed by atoms with Crippen molar-refractivity contribution in [3.05, 3.63) is 58.5 Å². The number of pyridine rings is 2. The van der Waals surface area contributed by atoms with Crippen LogP contribution in [-0.2, 0) is 4.74 Å². The van der Waals surface area contributed by atoms with Gasteiger partial charge in [0.1, 0.15) is 11.5 Å². The number of ether oxygens (including phenoxy) is 1. The van der Waals surface area contributed by atoms with Crippen LogP contribution in [0, 0.1) is 6.92 Å². The fourth-order valence-electron chi connectivity index (χ4n) is 2.93. The second-order valence-electron chi connectivity index (χ2n) is 6.58. The van der Waals surface area contributed by atoms with Crippen molar-refractivity contribution < 1.29 is 9.53 Å². The van der Waals surface area contributed by atoms with Gasteiger partial charge in [0.05, 0.1) is 10.9 Å². The number of nitrogens with one attached hydrogen (secondary N) is 2. The lowest BCUT2D eigenvalue weighted by Crippen LogP contribution is -2.26. The topological polar surface area (TPSA) is 97.6 Å². The molecular weight excluding hydrogens is 370 g/mol. The maximum absolute atomic E-state index is 13.0. The maximum Gasteiger partial charge on any atom is 0.267 e. The van der Waals surface area contributed by atoms with Gasteiger partial charge in [0, 0.05) is 32.5 Å². The Hall–Kier alpha value is -3.26. The molecule has 0 radical (unpaired) electrons. The summed E-state index contributed by atoms with van der Waals surface area (Å²) in [6.45, 7) is 9.61. The van der Waals surface area contributed by atoms with Gasteiger partial charge in [0.2, 0.25) is 0 Å². The summed E-state index contributed by atoms with van der Waals surface area (Å²) >= 11 is 0. The predicted octanol–water partition coefficient (Wildman–Crippen LogP) is 2.31. The van der Waals surface area contributed by atoms with Crippen LogP contribution in [0.2, 0.25) is 0 Å². The lowest BCUT2D eigenvalue weighted by Gasteiger charge is -2.13. The lowest BCUT2D eigenvalue weighted by atomic mass is 10.2. The highest BCUT2D eigenvalue weighted by Crippen LogP contribution is 2.18. The van der Waals surface area contributed by atoms with Gasteiger partial charge in [0.15, 0.2) is 5.65 Å². The van der Waals surface area contributed by atoms with Crippen LogP contribution in [0.1, 0.15) is 29.3 Å². The fraction of sp³-hybridized carbons (Fsp3) is 0.333. The molecule has 0 bridgehead atoms. The van der Waals surface area contributed by atoms with Crippen molar-refractivity contribution in [3.63, 3.8) is 0 Å². The normalized spacial score (nSPS) is 11.0. The van der Waals surface area contributed by atoms with E-state index in [2.05, 4.69) is 27.2 Å². The summed E-state index contributed by atoms with van der Waals surface area (Å²) in [5.41, 5.74) is 1.77. The van der Waals surface area contributed by atoms with Gasteiger partial charge in [-0.1, -0.05) is 12.1 Å². The number of carbonyl (C=O) groups excluding carboxylic acids is 1. The predicted molar refractivity (Wildman–Crippen MR) is 114 cm³/mol. The summed E-state index contributed by atoms with van der Waals surface area (Å²) < 4.78 is 6.81. The average Bonchev–Trinajstić information content (AvgIpc) is 2.72. The van der Waals surface area contributed by atoms with Gasteiger partial charge in [-0.25, -0.2) is 9.97 Å². The molecule has 8 nitrogen and oxygen atoms in total. The number of aromatic nitrogens is 3. The summed E-state index contributed by atoms with van der Waals surface area (Å²) in [4.78, 5) is 34.6. The first-order valence-corrected chi connectivity index (χ1v) is 9.59. The molecule has 0 aliphatic rings. The molecule has 3 aromatic rings. The van der Waals surface area contributed by atoms with Gasteiger partial charge in [0.25, 0.3) is 11.5 Å². The number of carbonyl (C=O) groups is 1. The van der Waals surface area contributed by atoms with Crippen LogP contribution in [-0.4, -0.2) is 46.6 Å². The molecule has 1 amide bonds. The Morgan fingerprint density at radius 3 is 2.93 bits per heavy atom. The summed E-state index contributed by atoms with van der Waals surface area (Å²) in [6.07, 6.45) is 4.07. The Labute approximate surface area is 168 Å². The van der Waals surface area contributed by atoms with Gasteiger partial charge in [-0.2, -0.15) is 0 Å². The Bertz CT molecular complexity index is 1110. The maximum atomic E-state index is 13.0. The molecule has 0 aliphatic heterocycles. The zero-order valence-corrected chi connectivity index (χ0v) is 16.7. The summed E-state index contributed by atoms with van der Waals surface area (Å²) in [7, 11) is 0. The quantitative estimate of drug-likeness (QED) is 0.328. The highest BCUT2D eigenvalue weighted by Gasteiger charge is 2.17. The zero-order valence-electron chi connectivity index (χ0n) is 16.7.